The van der Waals surface area contributed by atoms with Crippen molar-refractivity contribution in [1.82, 2.24) is 4.90 Å². The Balaban J connectivity index is 2.44. The van der Waals surface area contributed by atoms with Gasteiger partial charge >= 0.3 is 0 Å². The Morgan fingerprint density at radius 1 is 1.60 bits per heavy atom. The number of morpholine rings is 1. The van der Waals surface area contributed by atoms with E-state index in [1.165, 1.54) is 0 Å². The van der Waals surface area contributed by atoms with Crippen molar-refractivity contribution in [3.05, 3.63) is 0 Å². The van der Waals surface area contributed by atoms with Crippen LogP contribution in [0.1, 0.15) is 6.92 Å². The summed E-state index contributed by atoms with van der Waals surface area (Å²) in [5.74, 6) is 0. The third-order valence-corrected chi connectivity index (χ3v) is 1.59. The van der Waals surface area contributed by atoms with Crippen molar-refractivity contribution >= 4 is 0 Å². The second kappa shape index (κ2) is 3.00. The first-order chi connectivity index (χ1) is 4.72. The van der Waals surface area contributed by atoms with E-state index in [-0.39, 0.29) is 12.2 Å². The SMILES string of the molecule is C[C@@H]1CN(C)C[C@@H](C#N)O1. The zero-order chi connectivity index (χ0) is 7.56. The molecule has 0 amide bonds. The average Bonchev–Trinajstić information content (AvgIpc) is 1.85. The zero-order valence-electron chi connectivity index (χ0n) is 6.37. The van der Waals surface area contributed by atoms with Gasteiger partial charge in [-0.15, -0.1) is 0 Å². The third-order valence-electron chi connectivity index (χ3n) is 1.59. The highest BCUT2D eigenvalue weighted by molar-refractivity contribution is 4.89. The highest BCUT2D eigenvalue weighted by Gasteiger charge is 2.21. The Bertz CT molecular complexity index is 142. The van der Waals surface area contributed by atoms with Crippen molar-refractivity contribution in [2.75, 3.05) is 20.1 Å². The first kappa shape index (κ1) is 7.52. The molecule has 1 fully saturated rings. The van der Waals surface area contributed by atoms with Crippen molar-refractivity contribution < 1.29 is 4.74 Å². The van der Waals surface area contributed by atoms with Gasteiger partial charge in [-0.05, 0) is 14.0 Å². The normalized spacial score (nSPS) is 35.3. The lowest BCUT2D eigenvalue weighted by Crippen LogP contribution is -2.43. The second-order valence-corrected chi connectivity index (χ2v) is 2.79. The van der Waals surface area contributed by atoms with Gasteiger partial charge in [-0.1, -0.05) is 0 Å². The molecule has 10 heavy (non-hydrogen) atoms. The monoisotopic (exact) mass is 140 g/mol. The highest BCUT2D eigenvalue weighted by Crippen LogP contribution is 2.07. The predicted octanol–water partition coefficient (Wildman–Crippen LogP) is 0.229. The van der Waals surface area contributed by atoms with E-state index >= 15 is 0 Å². The molecular weight excluding hydrogens is 128 g/mol. The number of likely N-dealkylation sites (N-methyl/N-ethyl adjacent to an activating group) is 1. The van der Waals surface area contributed by atoms with Crippen LogP contribution in [-0.2, 0) is 4.74 Å². The van der Waals surface area contributed by atoms with Crippen LogP contribution in [0.15, 0.2) is 0 Å². The lowest BCUT2D eigenvalue weighted by molar-refractivity contribution is -0.0432. The minimum Gasteiger partial charge on any atom is -0.358 e. The number of hydrogen-bond acceptors (Lipinski definition) is 3. The minimum atomic E-state index is -0.228. The molecule has 0 N–H and O–H groups in total. The van der Waals surface area contributed by atoms with Gasteiger partial charge in [0, 0.05) is 13.1 Å². The molecule has 0 aromatic carbocycles. The summed E-state index contributed by atoms with van der Waals surface area (Å²) in [7, 11) is 2.00. The topological polar surface area (TPSA) is 36.3 Å². The molecule has 2 atom stereocenters. The van der Waals surface area contributed by atoms with Gasteiger partial charge in [0.1, 0.15) is 0 Å². The van der Waals surface area contributed by atoms with Crippen LogP contribution in [0.3, 0.4) is 0 Å². The van der Waals surface area contributed by atoms with Crippen molar-refractivity contribution in [1.29, 1.82) is 5.26 Å². The second-order valence-electron chi connectivity index (χ2n) is 2.79. The van der Waals surface area contributed by atoms with E-state index in [0.29, 0.717) is 0 Å². The number of rotatable bonds is 0. The largest absolute Gasteiger partial charge is 0.358 e. The van der Waals surface area contributed by atoms with Crippen LogP contribution in [0.5, 0.6) is 0 Å². The van der Waals surface area contributed by atoms with Crippen LogP contribution < -0.4 is 0 Å². The molecule has 0 radical (unpaired) electrons. The molecule has 0 aliphatic carbocycles. The summed E-state index contributed by atoms with van der Waals surface area (Å²) in [6.07, 6.45) is -0.0304. The zero-order valence-corrected chi connectivity index (χ0v) is 6.37. The molecule has 3 nitrogen and oxygen atoms in total. The molecule has 0 saturated carbocycles. The van der Waals surface area contributed by atoms with Gasteiger partial charge in [0.15, 0.2) is 6.10 Å². The molecular formula is C7H12N2O. The van der Waals surface area contributed by atoms with Gasteiger partial charge in [-0.3, -0.25) is 0 Å². The summed E-state index contributed by atoms with van der Waals surface area (Å²) < 4.78 is 5.30. The summed E-state index contributed by atoms with van der Waals surface area (Å²) in [5.41, 5.74) is 0. The molecule has 1 heterocycles. The van der Waals surface area contributed by atoms with Crippen LogP contribution in [0, 0.1) is 11.3 Å². The van der Waals surface area contributed by atoms with Gasteiger partial charge in [0.05, 0.1) is 12.2 Å². The van der Waals surface area contributed by atoms with E-state index in [1.807, 2.05) is 14.0 Å². The van der Waals surface area contributed by atoms with E-state index in [2.05, 4.69) is 11.0 Å². The lowest BCUT2D eigenvalue weighted by Gasteiger charge is -2.30. The molecule has 3 heteroatoms. The number of ether oxygens (including phenoxy) is 1. The fraction of sp³-hybridized carbons (Fsp3) is 0.857. The highest BCUT2D eigenvalue weighted by atomic mass is 16.5. The smallest absolute Gasteiger partial charge is 0.156 e. The summed E-state index contributed by atoms with van der Waals surface area (Å²) in [6.45, 7) is 3.65. The maximum absolute atomic E-state index is 8.52. The molecule has 0 unspecified atom stereocenters. The Kier molecular flexibility index (Phi) is 2.25. The minimum absolute atomic E-state index is 0.198. The van der Waals surface area contributed by atoms with Crippen molar-refractivity contribution in [2.24, 2.45) is 0 Å². The Morgan fingerprint density at radius 2 is 2.30 bits per heavy atom. The third kappa shape index (κ3) is 1.69. The quantitative estimate of drug-likeness (QED) is 0.483. The summed E-state index contributed by atoms with van der Waals surface area (Å²) in [4.78, 5) is 2.11. The molecule has 1 rings (SSSR count). The van der Waals surface area contributed by atoms with Gasteiger partial charge in [-0.2, -0.15) is 5.26 Å². The molecule has 0 aromatic heterocycles. The van der Waals surface area contributed by atoms with Crippen LogP contribution in [0.2, 0.25) is 0 Å². The molecule has 0 spiro atoms. The van der Waals surface area contributed by atoms with Crippen LogP contribution in [-0.4, -0.2) is 37.2 Å². The van der Waals surface area contributed by atoms with Crippen LogP contribution >= 0.6 is 0 Å². The van der Waals surface area contributed by atoms with Crippen molar-refractivity contribution in [3.8, 4) is 6.07 Å². The van der Waals surface area contributed by atoms with E-state index in [0.717, 1.165) is 13.1 Å². The standard InChI is InChI=1S/C7H12N2O/c1-6-4-9(2)5-7(3-8)10-6/h6-7H,4-5H2,1-2H3/t6-,7-/m1/s1. The van der Waals surface area contributed by atoms with Crippen LogP contribution in [0.25, 0.3) is 0 Å². The fourth-order valence-electron chi connectivity index (χ4n) is 1.23. The van der Waals surface area contributed by atoms with Crippen molar-refractivity contribution in [3.63, 3.8) is 0 Å². The molecule has 0 aromatic rings. The lowest BCUT2D eigenvalue weighted by atomic mass is 10.2. The maximum Gasteiger partial charge on any atom is 0.156 e. The summed E-state index contributed by atoms with van der Waals surface area (Å²) >= 11 is 0. The fourth-order valence-corrected chi connectivity index (χ4v) is 1.23. The van der Waals surface area contributed by atoms with E-state index in [1.54, 1.807) is 0 Å². The Labute approximate surface area is 61.2 Å². The first-order valence-corrected chi connectivity index (χ1v) is 3.46. The van der Waals surface area contributed by atoms with E-state index < -0.39 is 0 Å². The van der Waals surface area contributed by atoms with E-state index in [9.17, 15) is 0 Å². The number of nitrogens with zero attached hydrogens (tertiary/aromatic N) is 2. The van der Waals surface area contributed by atoms with Gasteiger partial charge in [-0.25, -0.2) is 0 Å². The number of nitriles is 1. The predicted molar refractivity (Wildman–Crippen MR) is 37.4 cm³/mol. The Hall–Kier alpha value is -0.590. The van der Waals surface area contributed by atoms with Crippen LogP contribution in [0.4, 0.5) is 0 Å². The van der Waals surface area contributed by atoms with Gasteiger partial charge in [0.2, 0.25) is 0 Å². The average molecular weight is 140 g/mol. The Morgan fingerprint density at radius 3 is 2.80 bits per heavy atom. The molecule has 56 valence electrons. The van der Waals surface area contributed by atoms with E-state index in [4.69, 9.17) is 10.00 Å². The van der Waals surface area contributed by atoms with Crippen molar-refractivity contribution in [2.45, 2.75) is 19.1 Å². The summed E-state index contributed by atoms with van der Waals surface area (Å²) in [6, 6.07) is 2.10. The number of hydrogen-bond donors (Lipinski definition) is 0. The molecule has 0 bridgehead atoms. The molecule has 1 saturated heterocycles. The van der Waals surface area contributed by atoms with Gasteiger partial charge < -0.3 is 9.64 Å². The maximum atomic E-state index is 8.52. The first-order valence-electron chi connectivity index (χ1n) is 3.46. The van der Waals surface area contributed by atoms with Gasteiger partial charge in [0.25, 0.3) is 0 Å². The summed E-state index contributed by atoms with van der Waals surface area (Å²) in [5, 5.41) is 8.52. The molecule has 1 aliphatic rings. The molecule has 1 aliphatic heterocycles.